The van der Waals surface area contributed by atoms with Crippen molar-refractivity contribution in [3.05, 3.63) is 61.2 Å². The minimum Gasteiger partial charge on any atom is -0.340 e. The molecule has 0 aliphatic rings. The molecular formula is C13H10FN5. The van der Waals surface area contributed by atoms with Crippen LogP contribution in [0.3, 0.4) is 0 Å². The molecule has 0 saturated heterocycles. The van der Waals surface area contributed by atoms with Crippen molar-refractivity contribution < 1.29 is 4.39 Å². The van der Waals surface area contributed by atoms with Crippen molar-refractivity contribution in [2.45, 2.75) is 0 Å². The van der Waals surface area contributed by atoms with Crippen LogP contribution in [0.2, 0.25) is 0 Å². The molecule has 0 spiro atoms. The van der Waals surface area contributed by atoms with E-state index in [4.69, 9.17) is 0 Å². The van der Waals surface area contributed by atoms with Crippen LogP contribution in [0, 0.1) is 5.82 Å². The van der Waals surface area contributed by atoms with E-state index in [2.05, 4.69) is 20.3 Å². The Bertz CT molecular complexity index is 664. The molecule has 0 bridgehead atoms. The third-order valence-electron chi connectivity index (χ3n) is 2.54. The van der Waals surface area contributed by atoms with E-state index in [1.165, 1.54) is 18.5 Å². The van der Waals surface area contributed by atoms with Crippen molar-refractivity contribution in [3.63, 3.8) is 0 Å². The molecule has 0 amide bonds. The maximum atomic E-state index is 12.8. The fourth-order valence-corrected chi connectivity index (χ4v) is 1.63. The molecule has 0 fully saturated rings. The van der Waals surface area contributed by atoms with E-state index in [1.807, 2.05) is 0 Å². The number of nitrogens with one attached hydrogen (secondary N) is 1. The number of imidazole rings is 1. The first-order chi connectivity index (χ1) is 9.31. The predicted octanol–water partition coefficient (Wildman–Crippen LogP) is 2.54. The SMILES string of the molecule is Fc1ccc(Nc2cc(-n3ccnc3)ncn2)cc1. The van der Waals surface area contributed by atoms with Gasteiger partial charge in [0.1, 0.15) is 30.1 Å². The lowest BCUT2D eigenvalue weighted by atomic mass is 10.3. The summed E-state index contributed by atoms with van der Waals surface area (Å²) in [7, 11) is 0. The number of rotatable bonds is 3. The van der Waals surface area contributed by atoms with Gasteiger partial charge in [0.25, 0.3) is 0 Å². The lowest BCUT2D eigenvalue weighted by molar-refractivity contribution is 0.628. The predicted molar refractivity (Wildman–Crippen MR) is 68.8 cm³/mol. The van der Waals surface area contributed by atoms with Crippen LogP contribution in [-0.4, -0.2) is 19.5 Å². The summed E-state index contributed by atoms with van der Waals surface area (Å²) in [5.41, 5.74) is 0.761. The monoisotopic (exact) mass is 255 g/mol. The molecule has 1 aromatic carbocycles. The third kappa shape index (κ3) is 2.57. The smallest absolute Gasteiger partial charge is 0.143 e. The second-order valence-electron chi connectivity index (χ2n) is 3.86. The average molecular weight is 255 g/mol. The molecule has 1 N–H and O–H groups in total. The molecule has 0 radical (unpaired) electrons. The fourth-order valence-electron chi connectivity index (χ4n) is 1.63. The van der Waals surface area contributed by atoms with Gasteiger partial charge in [-0.2, -0.15) is 0 Å². The van der Waals surface area contributed by atoms with Crippen LogP contribution in [0.1, 0.15) is 0 Å². The van der Waals surface area contributed by atoms with Gasteiger partial charge < -0.3 is 5.32 Å². The molecule has 2 aromatic heterocycles. The van der Waals surface area contributed by atoms with Crippen LogP contribution in [0.25, 0.3) is 5.82 Å². The summed E-state index contributed by atoms with van der Waals surface area (Å²) >= 11 is 0. The number of hydrogen-bond acceptors (Lipinski definition) is 4. The summed E-state index contributed by atoms with van der Waals surface area (Å²) in [4.78, 5) is 12.2. The van der Waals surface area contributed by atoms with Gasteiger partial charge in [0, 0.05) is 24.1 Å². The summed E-state index contributed by atoms with van der Waals surface area (Å²) in [6.45, 7) is 0. The molecule has 19 heavy (non-hydrogen) atoms. The van der Waals surface area contributed by atoms with Gasteiger partial charge in [0.2, 0.25) is 0 Å². The first-order valence-corrected chi connectivity index (χ1v) is 5.64. The molecule has 0 saturated carbocycles. The second kappa shape index (κ2) is 4.85. The Hall–Kier alpha value is -2.76. The lowest BCUT2D eigenvalue weighted by Gasteiger charge is -2.07. The highest BCUT2D eigenvalue weighted by Gasteiger charge is 2.01. The number of anilines is 2. The zero-order valence-corrected chi connectivity index (χ0v) is 9.86. The highest BCUT2D eigenvalue weighted by atomic mass is 19.1. The van der Waals surface area contributed by atoms with Gasteiger partial charge in [-0.1, -0.05) is 0 Å². The molecule has 3 aromatic rings. The number of benzene rings is 1. The van der Waals surface area contributed by atoms with Crippen molar-refractivity contribution in [1.29, 1.82) is 0 Å². The lowest BCUT2D eigenvalue weighted by Crippen LogP contribution is -1.99. The minimum atomic E-state index is -0.271. The van der Waals surface area contributed by atoms with Crippen molar-refractivity contribution in [1.82, 2.24) is 19.5 Å². The molecule has 5 nitrogen and oxygen atoms in total. The Morgan fingerprint density at radius 1 is 1.11 bits per heavy atom. The number of nitrogens with zero attached hydrogens (tertiary/aromatic N) is 4. The Labute approximate surface area is 108 Å². The van der Waals surface area contributed by atoms with E-state index in [-0.39, 0.29) is 5.82 Å². The standard InChI is InChI=1S/C13H10FN5/c14-10-1-3-11(4-2-10)18-12-7-13(17-8-16-12)19-6-5-15-9-19/h1-9H,(H,16,17,18). The van der Waals surface area contributed by atoms with Gasteiger partial charge in [-0.3, -0.25) is 4.57 Å². The zero-order valence-electron chi connectivity index (χ0n) is 9.86. The Balaban J connectivity index is 1.85. The molecule has 3 rings (SSSR count). The van der Waals surface area contributed by atoms with E-state index < -0.39 is 0 Å². The van der Waals surface area contributed by atoms with Crippen molar-refractivity contribution in [3.8, 4) is 5.82 Å². The summed E-state index contributed by atoms with van der Waals surface area (Å²) in [5.74, 6) is 1.06. The number of hydrogen-bond donors (Lipinski definition) is 1. The molecule has 0 atom stereocenters. The van der Waals surface area contributed by atoms with Crippen molar-refractivity contribution in [2.24, 2.45) is 0 Å². The second-order valence-corrected chi connectivity index (χ2v) is 3.86. The van der Waals surface area contributed by atoms with Crippen LogP contribution in [-0.2, 0) is 0 Å². The number of halogens is 1. The van der Waals surface area contributed by atoms with E-state index >= 15 is 0 Å². The van der Waals surface area contributed by atoms with Crippen molar-refractivity contribution in [2.75, 3.05) is 5.32 Å². The van der Waals surface area contributed by atoms with Gasteiger partial charge >= 0.3 is 0 Å². The average Bonchev–Trinajstić information content (AvgIpc) is 2.96. The topological polar surface area (TPSA) is 55.6 Å². The Morgan fingerprint density at radius 2 is 1.95 bits per heavy atom. The van der Waals surface area contributed by atoms with Crippen LogP contribution in [0.5, 0.6) is 0 Å². The maximum absolute atomic E-state index is 12.8. The normalized spacial score (nSPS) is 10.4. The quantitative estimate of drug-likeness (QED) is 0.781. The van der Waals surface area contributed by atoms with Crippen LogP contribution < -0.4 is 5.32 Å². The largest absolute Gasteiger partial charge is 0.340 e. The minimum absolute atomic E-state index is 0.271. The van der Waals surface area contributed by atoms with Gasteiger partial charge in [-0.15, -0.1) is 0 Å². The highest BCUT2D eigenvalue weighted by Crippen LogP contribution is 2.16. The molecule has 6 heteroatoms. The third-order valence-corrected chi connectivity index (χ3v) is 2.54. The van der Waals surface area contributed by atoms with Gasteiger partial charge in [0.05, 0.1) is 0 Å². The van der Waals surface area contributed by atoms with E-state index in [0.29, 0.717) is 11.6 Å². The zero-order chi connectivity index (χ0) is 13.1. The molecule has 0 unspecified atom stereocenters. The Kier molecular flexibility index (Phi) is 2.89. The van der Waals surface area contributed by atoms with Crippen LogP contribution >= 0.6 is 0 Å². The summed E-state index contributed by atoms with van der Waals surface area (Å²) in [6, 6.07) is 7.86. The first kappa shape index (κ1) is 11.3. The van der Waals surface area contributed by atoms with E-state index in [0.717, 1.165) is 5.69 Å². The first-order valence-electron chi connectivity index (χ1n) is 5.64. The number of aromatic nitrogens is 4. The molecule has 2 heterocycles. The summed E-state index contributed by atoms with van der Waals surface area (Å²) in [5, 5.41) is 3.08. The Morgan fingerprint density at radius 3 is 2.68 bits per heavy atom. The molecular weight excluding hydrogens is 245 g/mol. The summed E-state index contributed by atoms with van der Waals surface area (Å²) in [6.07, 6.45) is 6.59. The van der Waals surface area contributed by atoms with Gasteiger partial charge in [0.15, 0.2) is 0 Å². The molecule has 0 aliphatic heterocycles. The molecule has 0 aliphatic carbocycles. The maximum Gasteiger partial charge on any atom is 0.143 e. The van der Waals surface area contributed by atoms with E-state index in [9.17, 15) is 4.39 Å². The molecule has 94 valence electrons. The van der Waals surface area contributed by atoms with Crippen molar-refractivity contribution >= 4 is 11.5 Å². The van der Waals surface area contributed by atoms with Gasteiger partial charge in [-0.25, -0.2) is 19.3 Å². The van der Waals surface area contributed by atoms with Gasteiger partial charge in [-0.05, 0) is 24.3 Å². The highest BCUT2D eigenvalue weighted by molar-refractivity contribution is 5.56. The summed E-state index contributed by atoms with van der Waals surface area (Å²) < 4.78 is 14.6. The van der Waals surface area contributed by atoms with Crippen LogP contribution in [0.4, 0.5) is 15.9 Å². The van der Waals surface area contributed by atoms with E-state index in [1.54, 1.807) is 41.5 Å². The fraction of sp³-hybridized carbons (Fsp3) is 0. The van der Waals surface area contributed by atoms with Crippen LogP contribution in [0.15, 0.2) is 55.4 Å².